The van der Waals surface area contributed by atoms with Crippen LogP contribution in [0.5, 0.6) is 0 Å². The van der Waals surface area contributed by atoms with Gasteiger partial charge in [0.2, 0.25) is 0 Å². The number of hydrogen-bond donors (Lipinski definition) is 1. The zero-order valence-electron chi connectivity index (χ0n) is 11.8. The standard InChI is InChI=1S/C16H23FN2/c1-11-9-19(10-12(2)18-11)16-7-14(8-16)13-4-3-5-15(17)6-13/h3-6,11-12,14,16,18H,7-10H2,1-2H3/t11-,12+,14?,16?. The van der Waals surface area contributed by atoms with Crippen molar-refractivity contribution >= 4 is 0 Å². The number of nitrogens with zero attached hydrogens (tertiary/aromatic N) is 1. The largest absolute Gasteiger partial charge is 0.309 e. The second-order valence-electron chi connectivity index (χ2n) is 6.30. The molecule has 1 aromatic carbocycles. The maximum Gasteiger partial charge on any atom is 0.123 e. The van der Waals surface area contributed by atoms with Crippen LogP contribution >= 0.6 is 0 Å². The maximum absolute atomic E-state index is 13.2. The molecule has 0 radical (unpaired) electrons. The van der Waals surface area contributed by atoms with Crippen LogP contribution in [0.4, 0.5) is 4.39 Å². The molecule has 19 heavy (non-hydrogen) atoms. The molecule has 2 atom stereocenters. The SMILES string of the molecule is C[C@@H]1CN(C2CC(c3cccc(F)c3)C2)C[C@H](C)N1. The Morgan fingerprint density at radius 2 is 1.84 bits per heavy atom. The zero-order valence-corrected chi connectivity index (χ0v) is 11.8. The summed E-state index contributed by atoms with van der Waals surface area (Å²) in [6.45, 7) is 6.80. The van der Waals surface area contributed by atoms with Crippen LogP contribution in [-0.2, 0) is 0 Å². The van der Waals surface area contributed by atoms with Crippen LogP contribution in [-0.4, -0.2) is 36.1 Å². The number of nitrogens with one attached hydrogen (secondary N) is 1. The van der Waals surface area contributed by atoms with Crippen molar-refractivity contribution in [2.45, 2.75) is 50.7 Å². The van der Waals surface area contributed by atoms with E-state index in [4.69, 9.17) is 0 Å². The van der Waals surface area contributed by atoms with Gasteiger partial charge in [-0.2, -0.15) is 0 Å². The minimum atomic E-state index is -0.106. The molecule has 1 aliphatic carbocycles. The molecule has 0 amide bonds. The van der Waals surface area contributed by atoms with E-state index in [-0.39, 0.29) is 5.82 Å². The molecule has 1 aromatic rings. The summed E-state index contributed by atoms with van der Waals surface area (Å²) < 4.78 is 13.2. The predicted molar refractivity (Wildman–Crippen MR) is 75.8 cm³/mol. The predicted octanol–water partition coefficient (Wildman–Crippen LogP) is 2.75. The van der Waals surface area contributed by atoms with Crippen molar-refractivity contribution in [3.8, 4) is 0 Å². The Morgan fingerprint density at radius 3 is 2.47 bits per heavy atom. The number of halogens is 1. The Kier molecular flexibility index (Phi) is 3.59. The fourth-order valence-electron chi connectivity index (χ4n) is 3.59. The van der Waals surface area contributed by atoms with Gasteiger partial charge in [-0.3, -0.25) is 4.90 Å². The topological polar surface area (TPSA) is 15.3 Å². The summed E-state index contributed by atoms with van der Waals surface area (Å²) in [6.07, 6.45) is 2.37. The fraction of sp³-hybridized carbons (Fsp3) is 0.625. The molecule has 0 aromatic heterocycles. The number of rotatable bonds is 2. The van der Waals surface area contributed by atoms with Gasteiger partial charge in [0, 0.05) is 31.2 Å². The summed E-state index contributed by atoms with van der Waals surface area (Å²) in [5, 5.41) is 3.57. The van der Waals surface area contributed by atoms with Crippen LogP contribution in [0.3, 0.4) is 0 Å². The van der Waals surface area contributed by atoms with E-state index in [1.807, 2.05) is 6.07 Å². The van der Waals surface area contributed by atoms with Crippen LogP contribution in [0, 0.1) is 5.82 Å². The molecular weight excluding hydrogens is 239 g/mol. The lowest BCUT2D eigenvalue weighted by molar-refractivity contribution is 0.0646. The lowest BCUT2D eigenvalue weighted by Gasteiger charge is -2.47. The summed E-state index contributed by atoms with van der Waals surface area (Å²) in [5.74, 6) is 0.451. The van der Waals surface area contributed by atoms with Crippen LogP contribution in [0.1, 0.15) is 38.2 Å². The van der Waals surface area contributed by atoms with E-state index in [2.05, 4.69) is 30.1 Å². The van der Waals surface area contributed by atoms with Crippen molar-refractivity contribution in [1.29, 1.82) is 0 Å². The molecule has 1 aliphatic heterocycles. The molecule has 3 heteroatoms. The first-order valence-corrected chi connectivity index (χ1v) is 7.37. The van der Waals surface area contributed by atoms with Gasteiger partial charge in [-0.1, -0.05) is 12.1 Å². The van der Waals surface area contributed by atoms with Gasteiger partial charge in [-0.25, -0.2) is 4.39 Å². The second kappa shape index (κ2) is 5.22. The van der Waals surface area contributed by atoms with Crippen molar-refractivity contribution in [3.63, 3.8) is 0 Å². The molecular formula is C16H23FN2. The minimum Gasteiger partial charge on any atom is -0.309 e. The van der Waals surface area contributed by atoms with Gasteiger partial charge < -0.3 is 5.32 Å². The number of hydrogen-bond acceptors (Lipinski definition) is 2. The third-order valence-corrected chi connectivity index (χ3v) is 4.54. The van der Waals surface area contributed by atoms with Crippen LogP contribution < -0.4 is 5.32 Å². The Hall–Kier alpha value is -0.930. The average Bonchev–Trinajstić information content (AvgIpc) is 2.25. The van der Waals surface area contributed by atoms with E-state index >= 15 is 0 Å². The molecule has 0 bridgehead atoms. The van der Waals surface area contributed by atoms with Gasteiger partial charge in [0.25, 0.3) is 0 Å². The summed E-state index contributed by atoms with van der Waals surface area (Å²) in [5.41, 5.74) is 1.17. The van der Waals surface area contributed by atoms with E-state index in [0.29, 0.717) is 24.0 Å². The number of benzene rings is 1. The highest BCUT2D eigenvalue weighted by Gasteiger charge is 2.36. The third-order valence-electron chi connectivity index (χ3n) is 4.54. The lowest BCUT2D eigenvalue weighted by Crippen LogP contribution is -2.59. The van der Waals surface area contributed by atoms with Gasteiger partial charge >= 0.3 is 0 Å². The summed E-state index contributed by atoms with van der Waals surface area (Å²) in [6, 6.07) is 8.97. The second-order valence-corrected chi connectivity index (χ2v) is 6.30. The summed E-state index contributed by atoms with van der Waals surface area (Å²) in [7, 11) is 0. The van der Waals surface area contributed by atoms with Crippen molar-refractivity contribution in [1.82, 2.24) is 10.2 Å². The molecule has 2 nitrogen and oxygen atoms in total. The third kappa shape index (κ3) is 2.82. The summed E-state index contributed by atoms with van der Waals surface area (Å²) in [4.78, 5) is 2.61. The van der Waals surface area contributed by atoms with E-state index in [1.165, 1.54) is 24.5 Å². The Balaban J connectivity index is 1.58. The highest BCUT2D eigenvalue weighted by molar-refractivity contribution is 5.24. The van der Waals surface area contributed by atoms with E-state index in [1.54, 1.807) is 6.07 Å². The first-order chi connectivity index (χ1) is 9.11. The Labute approximate surface area is 115 Å². The van der Waals surface area contributed by atoms with Crippen LogP contribution in [0.15, 0.2) is 24.3 Å². The summed E-state index contributed by atoms with van der Waals surface area (Å²) >= 11 is 0. The average molecular weight is 262 g/mol. The van der Waals surface area contributed by atoms with Crippen molar-refractivity contribution in [2.24, 2.45) is 0 Å². The van der Waals surface area contributed by atoms with E-state index in [9.17, 15) is 4.39 Å². The van der Waals surface area contributed by atoms with Gasteiger partial charge in [0.1, 0.15) is 5.82 Å². The molecule has 1 N–H and O–H groups in total. The molecule has 3 rings (SSSR count). The highest BCUT2D eigenvalue weighted by atomic mass is 19.1. The highest BCUT2D eigenvalue weighted by Crippen LogP contribution is 2.40. The molecule has 0 unspecified atom stereocenters. The minimum absolute atomic E-state index is 0.106. The molecule has 1 saturated carbocycles. The molecule has 2 fully saturated rings. The quantitative estimate of drug-likeness (QED) is 0.881. The lowest BCUT2D eigenvalue weighted by atomic mass is 9.74. The number of piperazine rings is 1. The monoisotopic (exact) mass is 262 g/mol. The van der Waals surface area contributed by atoms with Crippen LogP contribution in [0.25, 0.3) is 0 Å². The molecule has 104 valence electrons. The van der Waals surface area contributed by atoms with E-state index in [0.717, 1.165) is 13.1 Å². The van der Waals surface area contributed by atoms with Crippen molar-refractivity contribution < 1.29 is 4.39 Å². The van der Waals surface area contributed by atoms with Gasteiger partial charge in [0.15, 0.2) is 0 Å². The normalized spacial score (nSPS) is 35.9. The smallest absolute Gasteiger partial charge is 0.123 e. The van der Waals surface area contributed by atoms with Gasteiger partial charge in [0.05, 0.1) is 0 Å². The van der Waals surface area contributed by atoms with E-state index < -0.39 is 0 Å². The van der Waals surface area contributed by atoms with Crippen molar-refractivity contribution in [2.75, 3.05) is 13.1 Å². The Morgan fingerprint density at radius 1 is 1.16 bits per heavy atom. The first-order valence-electron chi connectivity index (χ1n) is 7.37. The van der Waals surface area contributed by atoms with Crippen molar-refractivity contribution in [3.05, 3.63) is 35.6 Å². The fourth-order valence-corrected chi connectivity index (χ4v) is 3.59. The maximum atomic E-state index is 13.2. The molecule has 2 aliphatic rings. The first kappa shape index (κ1) is 13.1. The zero-order chi connectivity index (χ0) is 13.4. The molecule has 1 saturated heterocycles. The van der Waals surface area contributed by atoms with Gasteiger partial charge in [-0.05, 0) is 50.3 Å². The molecule has 1 heterocycles. The molecule has 0 spiro atoms. The van der Waals surface area contributed by atoms with Gasteiger partial charge in [-0.15, -0.1) is 0 Å². The van der Waals surface area contributed by atoms with Crippen LogP contribution in [0.2, 0.25) is 0 Å². The Bertz CT molecular complexity index is 432.